The van der Waals surface area contributed by atoms with Gasteiger partial charge in [0.05, 0.1) is 4.92 Å². The molecule has 2 aromatic carbocycles. The van der Waals surface area contributed by atoms with E-state index in [1.165, 1.54) is 12.1 Å². The molecule has 1 aliphatic rings. The number of nitro groups is 1. The SMILES string of the molecule is CN1CCN(c2ccc(NC(=O)c3ccccc3[N+](=O)[O-])cc2)CC1. The first-order valence-electron chi connectivity index (χ1n) is 8.13. The molecule has 1 amide bonds. The number of piperazine rings is 1. The number of rotatable bonds is 4. The van der Waals surface area contributed by atoms with E-state index in [9.17, 15) is 14.9 Å². The Kier molecular flexibility index (Phi) is 4.95. The fraction of sp³-hybridized carbons (Fsp3) is 0.278. The number of amides is 1. The molecule has 1 fully saturated rings. The Morgan fingerprint density at radius 1 is 1.04 bits per heavy atom. The van der Waals surface area contributed by atoms with Gasteiger partial charge in [-0.05, 0) is 37.4 Å². The van der Waals surface area contributed by atoms with Crippen LogP contribution in [0, 0.1) is 10.1 Å². The third-order valence-corrected chi connectivity index (χ3v) is 4.34. The second-order valence-corrected chi connectivity index (χ2v) is 6.07. The first-order chi connectivity index (χ1) is 12.0. The Labute approximate surface area is 146 Å². The Morgan fingerprint density at radius 3 is 2.32 bits per heavy atom. The Morgan fingerprint density at radius 2 is 1.68 bits per heavy atom. The normalized spacial score (nSPS) is 15.0. The van der Waals surface area contributed by atoms with Crippen molar-refractivity contribution in [1.29, 1.82) is 0 Å². The molecule has 0 spiro atoms. The average Bonchev–Trinajstić information content (AvgIpc) is 2.63. The van der Waals surface area contributed by atoms with Gasteiger partial charge in [0.1, 0.15) is 5.56 Å². The topological polar surface area (TPSA) is 78.7 Å². The van der Waals surface area contributed by atoms with Gasteiger partial charge in [-0.3, -0.25) is 14.9 Å². The van der Waals surface area contributed by atoms with Gasteiger partial charge in [0.15, 0.2) is 0 Å². The van der Waals surface area contributed by atoms with E-state index in [4.69, 9.17) is 0 Å². The van der Waals surface area contributed by atoms with Gasteiger partial charge in [0.25, 0.3) is 11.6 Å². The predicted molar refractivity (Wildman–Crippen MR) is 97.2 cm³/mol. The van der Waals surface area contributed by atoms with Gasteiger partial charge in [-0.25, -0.2) is 0 Å². The van der Waals surface area contributed by atoms with Crippen molar-refractivity contribution >= 4 is 23.0 Å². The predicted octanol–water partition coefficient (Wildman–Crippen LogP) is 2.60. The first kappa shape index (κ1) is 16.9. The van der Waals surface area contributed by atoms with Crippen molar-refractivity contribution in [3.63, 3.8) is 0 Å². The van der Waals surface area contributed by atoms with Gasteiger partial charge >= 0.3 is 0 Å². The summed E-state index contributed by atoms with van der Waals surface area (Å²) < 4.78 is 0. The molecule has 7 heteroatoms. The van der Waals surface area contributed by atoms with Crippen LogP contribution in [0.4, 0.5) is 17.1 Å². The minimum atomic E-state index is -0.550. The van der Waals surface area contributed by atoms with Crippen LogP contribution in [0.5, 0.6) is 0 Å². The molecule has 25 heavy (non-hydrogen) atoms. The standard InChI is InChI=1S/C18H20N4O3/c1-20-10-12-21(13-11-20)15-8-6-14(7-9-15)19-18(23)16-4-2-3-5-17(16)22(24)25/h2-9H,10-13H2,1H3,(H,19,23). The fourth-order valence-corrected chi connectivity index (χ4v) is 2.84. The van der Waals surface area contributed by atoms with Crippen molar-refractivity contribution in [2.24, 2.45) is 0 Å². The molecular weight excluding hydrogens is 320 g/mol. The van der Waals surface area contributed by atoms with Crippen LogP contribution in [0.3, 0.4) is 0 Å². The minimum absolute atomic E-state index is 0.0515. The first-order valence-corrected chi connectivity index (χ1v) is 8.13. The van der Waals surface area contributed by atoms with E-state index in [1.54, 1.807) is 12.1 Å². The highest BCUT2D eigenvalue weighted by atomic mass is 16.6. The highest BCUT2D eigenvalue weighted by molar-refractivity contribution is 6.07. The molecule has 1 saturated heterocycles. The summed E-state index contributed by atoms with van der Waals surface area (Å²) >= 11 is 0. The summed E-state index contributed by atoms with van der Waals surface area (Å²) in [5, 5.41) is 13.8. The third kappa shape index (κ3) is 3.95. The van der Waals surface area contributed by atoms with E-state index in [2.05, 4.69) is 22.2 Å². The van der Waals surface area contributed by atoms with E-state index in [1.807, 2.05) is 24.3 Å². The molecule has 3 rings (SSSR count). The van der Waals surface area contributed by atoms with Crippen molar-refractivity contribution in [3.05, 3.63) is 64.2 Å². The van der Waals surface area contributed by atoms with Gasteiger partial charge in [0, 0.05) is 43.6 Å². The van der Waals surface area contributed by atoms with E-state index >= 15 is 0 Å². The summed E-state index contributed by atoms with van der Waals surface area (Å²) in [6.45, 7) is 3.99. The smallest absolute Gasteiger partial charge is 0.282 e. The number of anilines is 2. The minimum Gasteiger partial charge on any atom is -0.369 e. The fourth-order valence-electron chi connectivity index (χ4n) is 2.84. The van der Waals surface area contributed by atoms with Crippen molar-refractivity contribution in [3.8, 4) is 0 Å². The number of carbonyl (C=O) groups excluding carboxylic acids is 1. The molecule has 0 aliphatic carbocycles. The number of benzene rings is 2. The Balaban J connectivity index is 1.69. The van der Waals surface area contributed by atoms with Crippen LogP contribution in [0.25, 0.3) is 0 Å². The number of nitro benzene ring substituents is 1. The van der Waals surface area contributed by atoms with Crippen LogP contribution in [0.2, 0.25) is 0 Å². The summed E-state index contributed by atoms with van der Waals surface area (Å²) in [5.74, 6) is -0.486. The third-order valence-electron chi connectivity index (χ3n) is 4.34. The molecule has 1 N–H and O–H groups in total. The number of carbonyl (C=O) groups is 1. The van der Waals surface area contributed by atoms with Crippen LogP contribution in [0.15, 0.2) is 48.5 Å². The lowest BCUT2D eigenvalue weighted by molar-refractivity contribution is -0.385. The largest absolute Gasteiger partial charge is 0.369 e. The Hall–Kier alpha value is -2.93. The zero-order valence-electron chi connectivity index (χ0n) is 14.0. The maximum Gasteiger partial charge on any atom is 0.282 e. The van der Waals surface area contributed by atoms with Crippen molar-refractivity contribution in [2.45, 2.75) is 0 Å². The lowest BCUT2D eigenvalue weighted by Gasteiger charge is -2.34. The van der Waals surface area contributed by atoms with Gasteiger partial charge in [-0.1, -0.05) is 12.1 Å². The monoisotopic (exact) mass is 340 g/mol. The van der Waals surface area contributed by atoms with Gasteiger partial charge in [0.2, 0.25) is 0 Å². The maximum atomic E-state index is 12.3. The second-order valence-electron chi connectivity index (χ2n) is 6.07. The maximum absolute atomic E-state index is 12.3. The van der Waals surface area contributed by atoms with Gasteiger partial charge < -0.3 is 15.1 Å². The lowest BCUT2D eigenvalue weighted by Crippen LogP contribution is -2.44. The molecule has 1 aliphatic heterocycles. The van der Waals surface area contributed by atoms with E-state index < -0.39 is 10.8 Å². The van der Waals surface area contributed by atoms with Crippen molar-refractivity contribution in [1.82, 2.24) is 4.90 Å². The number of nitrogens with zero attached hydrogens (tertiary/aromatic N) is 3. The summed E-state index contributed by atoms with van der Waals surface area (Å²) in [4.78, 5) is 27.4. The highest BCUT2D eigenvalue weighted by Crippen LogP contribution is 2.22. The number of hydrogen-bond donors (Lipinski definition) is 1. The second kappa shape index (κ2) is 7.31. The zero-order chi connectivity index (χ0) is 17.8. The molecule has 0 saturated carbocycles. The van der Waals surface area contributed by atoms with Crippen LogP contribution in [-0.4, -0.2) is 49.0 Å². The number of nitrogens with one attached hydrogen (secondary N) is 1. The molecule has 130 valence electrons. The number of para-hydroxylation sites is 1. The molecule has 2 aromatic rings. The molecular formula is C18H20N4O3. The Bertz CT molecular complexity index is 768. The van der Waals surface area contributed by atoms with Crippen LogP contribution < -0.4 is 10.2 Å². The quantitative estimate of drug-likeness (QED) is 0.684. The van der Waals surface area contributed by atoms with E-state index in [0.29, 0.717) is 5.69 Å². The summed E-state index contributed by atoms with van der Waals surface area (Å²) in [5.41, 5.74) is 1.57. The number of likely N-dealkylation sites (N-methyl/N-ethyl adjacent to an activating group) is 1. The number of hydrogen-bond acceptors (Lipinski definition) is 5. The van der Waals surface area contributed by atoms with Gasteiger partial charge in [-0.2, -0.15) is 0 Å². The van der Waals surface area contributed by atoms with Crippen molar-refractivity contribution in [2.75, 3.05) is 43.4 Å². The molecule has 7 nitrogen and oxygen atoms in total. The van der Waals surface area contributed by atoms with Gasteiger partial charge in [-0.15, -0.1) is 0 Å². The molecule has 0 atom stereocenters. The average molecular weight is 340 g/mol. The van der Waals surface area contributed by atoms with E-state index in [0.717, 1.165) is 31.9 Å². The zero-order valence-corrected chi connectivity index (χ0v) is 14.0. The lowest BCUT2D eigenvalue weighted by atomic mass is 10.1. The molecule has 0 unspecified atom stereocenters. The molecule has 1 heterocycles. The summed E-state index contributed by atoms with van der Waals surface area (Å²) in [6, 6.07) is 13.5. The van der Waals surface area contributed by atoms with Crippen molar-refractivity contribution < 1.29 is 9.72 Å². The highest BCUT2D eigenvalue weighted by Gasteiger charge is 2.19. The molecule has 0 bridgehead atoms. The summed E-state index contributed by atoms with van der Waals surface area (Å²) in [6.07, 6.45) is 0. The summed E-state index contributed by atoms with van der Waals surface area (Å²) in [7, 11) is 2.11. The van der Waals surface area contributed by atoms with E-state index in [-0.39, 0.29) is 11.3 Å². The van der Waals surface area contributed by atoms with Crippen LogP contribution >= 0.6 is 0 Å². The molecule has 0 radical (unpaired) electrons. The molecule has 0 aromatic heterocycles. The van der Waals surface area contributed by atoms with Crippen LogP contribution in [0.1, 0.15) is 10.4 Å². The van der Waals surface area contributed by atoms with Crippen LogP contribution in [-0.2, 0) is 0 Å².